The van der Waals surface area contributed by atoms with Crippen molar-refractivity contribution in [1.82, 2.24) is 10.2 Å². The quantitative estimate of drug-likeness (QED) is 0.378. The molecule has 0 aliphatic carbocycles. The summed E-state index contributed by atoms with van der Waals surface area (Å²) in [7, 11) is -3.83. The molecule has 2 aromatic carbocycles. The van der Waals surface area contributed by atoms with Crippen LogP contribution in [0.4, 0.5) is 5.69 Å². The number of carboxylic acid groups (broad SMARTS) is 1. The van der Waals surface area contributed by atoms with E-state index in [0.717, 1.165) is 0 Å². The fourth-order valence-corrected chi connectivity index (χ4v) is 3.10. The first kappa shape index (κ1) is 22.9. The molecular formula is C18H17ClN4O6S. The molecule has 1 amide bonds. The number of H-pyrrole nitrogens is 1. The molecule has 0 radical (unpaired) electrons. The Hall–Kier alpha value is -3.41. The summed E-state index contributed by atoms with van der Waals surface area (Å²) in [6.07, 6.45) is -0.230. The highest BCUT2D eigenvalue weighted by Crippen LogP contribution is 2.29. The number of nitrogens with zero attached hydrogens (tertiary/aromatic N) is 1. The zero-order valence-electron chi connectivity index (χ0n) is 15.2. The summed E-state index contributed by atoms with van der Waals surface area (Å²) in [5, 5.41) is 33.1. The lowest BCUT2D eigenvalue weighted by Gasteiger charge is -2.04. The largest absolute Gasteiger partial charge is 0.507 e. The van der Waals surface area contributed by atoms with Crippen molar-refractivity contribution in [2.45, 2.75) is 11.3 Å². The Bertz CT molecular complexity index is 1190. The maximum absolute atomic E-state index is 12.3. The maximum atomic E-state index is 12.3. The number of carboxylic acids is 1. The van der Waals surface area contributed by atoms with Crippen molar-refractivity contribution in [2.75, 3.05) is 5.32 Å². The van der Waals surface area contributed by atoms with Crippen LogP contribution in [-0.4, -0.2) is 40.7 Å². The van der Waals surface area contributed by atoms with Gasteiger partial charge in [-0.25, -0.2) is 13.6 Å². The Kier molecular flexibility index (Phi) is 6.82. The minimum atomic E-state index is -3.83. The lowest BCUT2D eigenvalue weighted by molar-refractivity contribution is -0.136. The number of nitrogens with two attached hydrogens (primary N) is 1. The van der Waals surface area contributed by atoms with E-state index < -0.39 is 21.9 Å². The minimum Gasteiger partial charge on any atom is -0.507 e. The summed E-state index contributed by atoms with van der Waals surface area (Å²) in [6, 6.07) is 11.1. The predicted molar refractivity (Wildman–Crippen MR) is 110 cm³/mol. The molecule has 6 N–H and O–H groups in total. The number of aromatic hydroxyl groups is 1. The molecule has 0 unspecified atom stereocenters. The van der Waals surface area contributed by atoms with E-state index in [1.165, 1.54) is 42.5 Å². The monoisotopic (exact) mass is 452 g/mol. The van der Waals surface area contributed by atoms with Gasteiger partial charge >= 0.3 is 5.97 Å². The molecule has 3 rings (SSSR count). The molecule has 0 saturated heterocycles. The smallest absolute Gasteiger partial charge is 0.307 e. The number of phenols is 1. The number of phenolic OH excluding ortho intramolecular Hbond substituents is 1. The van der Waals surface area contributed by atoms with Crippen LogP contribution in [0, 0.1) is 0 Å². The van der Waals surface area contributed by atoms with E-state index in [-0.39, 0.29) is 35.2 Å². The Morgan fingerprint density at radius 1 is 1.10 bits per heavy atom. The van der Waals surface area contributed by atoms with Crippen LogP contribution in [0.5, 0.6) is 5.75 Å². The highest BCUT2D eigenvalue weighted by molar-refractivity contribution is 7.89. The number of amides is 1. The van der Waals surface area contributed by atoms with Crippen LogP contribution in [0.15, 0.2) is 53.4 Å². The Morgan fingerprint density at radius 2 is 1.77 bits per heavy atom. The summed E-state index contributed by atoms with van der Waals surface area (Å²) in [5.74, 6) is -1.72. The molecule has 1 aromatic heterocycles. The normalized spacial score (nSPS) is 10.8. The van der Waals surface area contributed by atoms with Gasteiger partial charge in [-0.15, -0.1) is 12.4 Å². The highest BCUT2D eigenvalue weighted by atomic mass is 35.5. The number of aromatic nitrogens is 2. The number of hydrogen-bond acceptors (Lipinski definition) is 6. The molecule has 10 nitrogen and oxygen atoms in total. The van der Waals surface area contributed by atoms with Crippen LogP contribution in [0.25, 0.3) is 11.3 Å². The number of primary sulfonamides is 1. The molecular weight excluding hydrogens is 436 g/mol. The van der Waals surface area contributed by atoms with Gasteiger partial charge in [0.25, 0.3) is 5.91 Å². The number of anilines is 1. The first-order chi connectivity index (χ1) is 13.6. The number of benzene rings is 2. The number of rotatable bonds is 6. The summed E-state index contributed by atoms with van der Waals surface area (Å²) in [4.78, 5) is 23.0. The van der Waals surface area contributed by atoms with E-state index in [1.807, 2.05) is 0 Å². The van der Waals surface area contributed by atoms with Crippen molar-refractivity contribution < 1.29 is 28.2 Å². The van der Waals surface area contributed by atoms with Crippen LogP contribution >= 0.6 is 12.4 Å². The number of aliphatic carboxylic acids is 1. The lowest BCUT2D eigenvalue weighted by Crippen LogP contribution is -2.14. The Morgan fingerprint density at radius 3 is 2.33 bits per heavy atom. The third kappa shape index (κ3) is 5.35. The van der Waals surface area contributed by atoms with Crippen LogP contribution < -0.4 is 10.5 Å². The van der Waals surface area contributed by atoms with Crippen LogP contribution in [-0.2, 0) is 21.2 Å². The van der Waals surface area contributed by atoms with E-state index in [2.05, 4.69) is 15.5 Å². The van der Waals surface area contributed by atoms with E-state index in [4.69, 9.17) is 10.2 Å². The molecule has 1 heterocycles. The van der Waals surface area contributed by atoms with E-state index in [1.54, 1.807) is 6.07 Å². The van der Waals surface area contributed by atoms with E-state index >= 15 is 0 Å². The third-order valence-electron chi connectivity index (χ3n) is 3.96. The topological polar surface area (TPSA) is 175 Å². The highest BCUT2D eigenvalue weighted by Gasteiger charge is 2.15. The number of carbonyl (C=O) groups excluding carboxylic acids is 1. The Balaban J connectivity index is 0.00000320. The molecule has 0 atom stereocenters. The first-order valence-electron chi connectivity index (χ1n) is 8.17. The molecule has 3 aromatic rings. The van der Waals surface area contributed by atoms with Crippen LogP contribution in [0.1, 0.15) is 16.1 Å². The van der Waals surface area contributed by atoms with Gasteiger partial charge in [0, 0.05) is 11.3 Å². The molecule has 0 bridgehead atoms. The minimum absolute atomic E-state index is 0. The number of carbonyl (C=O) groups is 2. The molecule has 30 heavy (non-hydrogen) atoms. The van der Waals surface area contributed by atoms with E-state index in [9.17, 15) is 23.1 Å². The van der Waals surface area contributed by atoms with Gasteiger partial charge < -0.3 is 15.5 Å². The standard InChI is InChI=1S/C18H16N4O6S.ClH/c19-29(27,28)12-4-2-11(3-5-12)20-18(26)15-9-14(21-22-15)13-6-1-10(7-16(13)23)8-17(24)25;/h1-7,9,23H,8H2,(H,20,26)(H,21,22)(H,24,25)(H2,19,27,28);1H. The summed E-state index contributed by atoms with van der Waals surface area (Å²) in [6.45, 7) is 0. The van der Waals surface area contributed by atoms with Crippen LogP contribution in [0.2, 0.25) is 0 Å². The SMILES string of the molecule is Cl.NS(=O)(=O)c1ccc(NC(=O)c2cc(-c3ccc(CC(=O)O)cc3O)n[nH]2)cc1. The van der Waals surface area contributed by atoms with Gasteiger partial charge in [0.2, 0.25) is 10.0 Å². The van der Waals surface area contributed by atoms with Gasteiger partial charge in [0.05, 0.1) is 17.0 Å². The molecule has 0 fully saturated rings. The van der Waals surface area contributed by atoms with Crippen molar-refractivity contribution >= 4 is 40.0 Å². The summed E-state index contributed by atoms with van der Waals surface area (Å²) in [5.41, 5.74) is 1.49. The molecule has 12 heteroatoms. The van der Waals surface area contributed by atoms with Crippen LogP contribution in [0.3, 0.4) is 0 Å². The van der Waals surface area contributed by atoms with Crippen molar-refractivity contribution in [3.8, 4) is 17.0 Å². The second-order valence-corrected chi connectivity index (χ2v) is 7.67. The van der Waals surface area contributed by atoms with Crippen molar-refractivity contribution in [2.24, 2.45) is 5.14 Å². The van der Waals surface area contributed by atoms with Gasteiger partial charge in [-0.3, -0.25) is 14.7 Å². The van der Waals surface area contributed by atoms with E-state index in [0.29, 0.717) is 22.5 Å². The number of aromatic amines is 1. The number of nitrogens with one attached hydrogen (secondary N) is 2. The van der Waals surface area contributed by atoms with Crippen molar-refractivity contribution in [3.05, 3.63) is 59.8 Å². The summed E-state index contributed by atoms with van der Waals surface area (Å²) >= 11 is 0. The maximum Gasteiger partial charge on any atom is 0.307 e. The van der Waals surface area contributed by atoms with Crippen molar-refractivity contribution in [3.63, 3.8) is 0 Å². The zero-order valence-corrected chi connectivity index (χ0v) is 16.8. The molecule has 0 saturated carbocycles. The molecule has 0 aliphatic heterocycles. The van der Waals surface area contributed by atoms with Gasteiger partial charge in [0.15, 0.2) is 0 Å². The van der Waals surface area contributed by atoms with Gasteiger partial charge in [-0.05, 0) is 48.0 Å². The van der Waals surface area contributed by atoms with Gasteiger partial charge in [0.1, 0.15) is 11.4 Å². The first-order valence-corrected chi connectivity index (χ1v) is 9.72. The fraction of sp³-hybridized carbons (Fsp3) is 0.0556. The van der Waals surface area contributed by atoms with Gasteiger partial charge in [-0.2, -0.15) is 5.10 Å². The Labute approximate surface area is 177 Å². The second kappa shape index (κ2) is 8.95. The zero-order chi connectivity index (χ0) is 21.2. The second-order valence-electron chi connectivity index (χ2n) is 6.11. The molecule has 0 aliphatic rings. The lowest BCUT2D eigenvalue weighted by atomic mass is 10.1. The number of hydrogen-bond donors (Lipinski definition) is 5. The fourth-order valence-electron chi connectivity index (χ4n) is 2.58. The summed E-state index contributed by atoms with van der Waals surface area (Å²) < 4.78 is 22.5. The van der Waals surface area contributed by atoms with Gasteiger partial charge in [-0.1, -0.05) is 6.07 Å². The average Bonchev–Trinajstić information content (AvgIpc) is 3.11. The average molecular weight is 453 g/mol. The van der Waals surface area contributed by atoms with Crippen molar-refractivity contribution in [1.29, 1.82) is 0 Å². The molecule has 0 spiro atoms. The molecule has 158 valence electrons. The predicted octanol–water partition coefficient (Wildman–Crippen LogP) is 1.73. The number of sulfonamides is 1. The third-order valence-corrected chi connectivity index (χ3v) is 4.89. The number of halogens is 1.